The maximum absolute atomic E-state index is 9.98. The molecule has 0 saturated carbocycles. The average Bonchev–Trinajstić information content (AvgIpc) is 2.88. The predicted octanol–water partition coefficient (Wildman–Crippen LogP) is -13.0. The monoisotopic (exact) mass is 582 g/mol. The quantitative estimate of drug-likeness (QED) is 0.0844. The predicted molar refractivity (Wildman–Crippen MR) is 110 cm³/mol. The molecule has 0 aromatic heterocycles. The third-order valence-electron chi connectivity index (χ3n) is 4.15. The van der Waals surface area contributed by atoms with E-state index in [-0.39, 0.29) is 37.7 Å². The molecule has 0 aliphatic heterocycles. The molecule has 0 fully saturated rings. The number of hydrogen-bond acceptors (Lipinski definition) is 19. The molecule has 0 aliphatic rings. The Morgan fingerprint density at radius 1 is 0.432 bits per heavy atom. The van der Waals surface area contributed by atoms with E-state index in [4.69, 9.17) is 76.6 Å². The van der Waals surface area contributed by atoms with E-state index in [9.17, 15) is 19.8 Å². The summed E-state index contributed by atoms with van der Waals surface area (Å²) in [7, 11) is 0. The molecule has 15 N–H and O–H groups in total. The van der Waals surface area contributed by atoms with Crippen molar-refractivity contribution >= 4 is 49.7 Å². The first-order chi connectivity index (χ1) is 16.5. The maximum Gasteiger partial charge on any atom is 2.00 e. The molecule has 20 heteroatoms. The Hall–Kier alpha value is -0.400. The molecular weight excluding hydrogens is 548 g/mol. The van der Waals surface area contributed by atoms with E-state index in [1.165, 1.54) is 0 Å². The van der Waals surface area contributed by atoms with Crippen molar-refractivity contribution in [3.05, 3.63) is 0 Å². The van der Waals surface area contributed by atoms with E-state index in [1.54, 1.807) is 0 Å². The second kappa shape index (κ2) is 23.5. The van der Waals surface area contributed by atoms with Crippen molar-refractivity contribution in [2.24, 2.45) is 0 Å². The van der Waals surface area contributed by atoms with Gasteiger partial charge in [0.25, 0.3) is 0 Å². The van der Waals surface area contributed by atoms with Gasteiger partial charge in [-0.05, 0) is 0 Å². The molecule has 0 amide bonds. The molecule has 0 aromatic carbocycles. The van der Waals surface area contributed by atoms with Gasteiger partial charge in [0.1, 0.15) is 67.1 Å². The van der Waals surface area contributed by atoms with E-state index in [1.807, 2.05) is 0 Å². The van der Waals surface area contributed by atoms with Crippen LogP contribution < -0.4 is 10.2 Å². The number of aliphatic hydroxyl groups excluding tert-OH is 15. The van der Waals surface area contributed by atoms with Crippen LogP contribution in [0, 0.1) is 0 Å². The summed E-state index contributed by atoms with van der Waals surface area (Å²) in [5.74, 6) is -3.95. The molecule has 0 spiro atoms. The van der Waals surface area contributed by atoms with Crippen LogP contribution >= 0.6 is 0 Å². The summed E-state index contributed by atoms with van der Waals surface area (Å²) in [6.45, 7) is -3.01. The van der Waals surface area contributed by atoms with Gasteiger partial charge in [0.15, 0.2) is 0 Å². The van der Waals surface area contributed by atoms with Crippen LogP contribution in [0.25, 0.3) is 0 Å². The molecular formula is C17H34CaO19. The van der Waals surface area contributed by atoms with Crippen molar-refractivity contribution in [2.75, 3.05) is 26.4 Å². The SMILES string of the molecule is O=C([O-])[C@H](O)[C@@H](O)[C@H](O)[C@H](O)CO.O=C([O-])[C@H](O)[C@@H](O)[C@H](O)[C@H](O)CO.OCC(O)C(O)C(O)CO.[Ca+2]. The van der Waals surface area contributed by atoms with Gasteiger partial charge in [0.2, 0.25) is 0 Å². The third-order valence-corrected chi connectivity index (χ3v) is 4.15. The van der Waals surface area contributed by atoms with Gasteiger partial charge in [-0.2, -0.15) is 0 Å². The summed E-state index contributed by atoms with van der Waals surface area (Å²) in [6.07, 6.45) is -20.4. The minimum atomic E-state index is -2.31. The van der Waals surface area contributed by atoms with E-state index >= 15 is 0 Å². The van der Waals surface area contributed by atoms with Crippen LogP contribution in [0.5, 0.6) is 0 Å². The van der Waals surface area contributed by atoms with Crippen LogP contribution in [0.1, 0.15) is 0 Å². The molecule has 0 aromatic rings. The Bertz CT molecular complexity index is 537. The first-order valence-electron chi connectivity index (χ1n) is 9.80. The number of aliphatic hydroxyl groups is 15. The summed E-state index contributed by atoms with van der Waals surface area (Å²) in [6, 6.07) is 0. The molecule has 0 heterocycles. The van der Waals surface area contributed by atoms with Crippen molar-refractivity contribution < 1.29 is 96.4 Å². The molecule has 19 nitrogen and oxygen atoms in total. The molecule has 0 radical (unpaired) electrons. The summed E-state index contributed by atoms with van der Waals surface area (Å²) >= 11 is 0. The fraction of sp³-hybridized carbons (Fsp3) is 0.882. The Kier molecular flexibility index (Phi) is 27.7. The van der Waals surface area contributed by atoms with Crippen molar-refractivity contribution in [2.45, 2.75) is 67.1 Å². The van der Waals surface area contributed by atoms with Crippen LogP contribution in [0.2, 0.25) is 0 Å². The summed E-state index contributed by atoms with van der Waals surface area (Å²) < 4.78 is 0. The van der Waals surface area contributed by atoms with Gasteiger partial charge in [-0.1, -0.05) is 0 Å². The summed E-state index contributed by atoms with van der Waals surface area (Å²) in [4.78, 5) is 20.0. The van der Waals surface area contributed by atoms with Gasteiger partial charge in [0.05, 0.1) is 38.4 Å². The maximum atomic E-state index is 9.98. The Morgan fingerprint density at radius 2 is 0.622 bits per heavy atom. The second-order valence-corrected chi connectivity index (χ2v) is 6.98. The number of carbonyl (C=O) groups excluding carboxylic acids is 2. The van der Waals surface area contributed by atoms with Crippen molar-refractivity contribution in [1.29, 1.82) is 0 Å². The van der Waals surface area contributed by atoms with E-state index in [0.29, 0.717) is 0 Å². The van der Waals surface area contributed by atoms with E-state index in [0.717, 1.165) is 0 Å². The van der Waals surface area contributed by atoms with Gasteiger partial charge in [-0.3, -0.25) is 0 Å². The zero-order valence-electron chi connectivity index (χ0n) is 19.2. The molecule has 0 saturated heterocycles. The van der Waals surface area contributed by atoms with Crippen LogP contribution in [-0.4, -0.2) is 220 Å². The minimum absolute atomic E-state index is 0. The second-order valence-electron chi connectivity index (χ2n) is 6.98. The molecule has 37 heavy (non-hydrogen) atoms. The molecule has 2 unspecified atom stereocenters. The van der Waals surface area contributed by atoms with Crippen LogP contribution in [0.15, 0.2) is 0 Å². The van der Waals surface area contributed by atoms with E-state index in [2.05, 4.69) is 0 Å². The number of carboxylic acid groups (broad SMARTS) is 2. The average molecular weight is 583 g/mol. The van der Waals surface area contributed by atoms with Gasteiger partial charge < -0.3 is 96.4 Å². The number of aliphatic carboxylic acids is 2. The zero-order chi connectivity index (χ0) is 29.3. The van der Waals surface area contributed by atoms with Crippen LogP contribution in [0.3, 0.4) is 0 Å². The van der Waals surface area contributed by atoms with Crippen molar-refractivity contribution in [3.63, 3.8) is 0 Å². The fourth-order valence-corrected chi connectivity index (χ4v) is 1.80. The number of hydrogen-bond donors (Lipinski definition) is 15. The summed E-state index contributed by atoms with van der Waals surface area (Å²) in [5.41, 5.74) is 0. The van der Waals surface area contributed by atoms with Gasteiger partial charge in [-0.15, -0.1) is 0 Å². The van der Waals surface area contributed by atoms with Crippen LogP contribution in [-0.2, 0) is 9.59 Å². The van der Waals surface area contributed by atoms with Crippen LogP contribution in [0.4, 0.5) is 0 Å². The summed E-state index contributed by atoms with van der Waals surface area (Å²) in [5, 5.41) is 149. The largest absolute Gasteiger partial charge is 2.00 e. The van der Waals surface area contributed by atoms with Crippen molar-refractivity contribution in [3.8, 4) is 0 Å². The number of rotatable bonds is 14. The van der Waals surface area contributed by atoms with Crippen molar-refractivity contribution in [1.82, 2.24) is 0 Å². The third kappa shape index (κ3) is 17.7. The molecule has 218 valence electrons. The first-order valence-corrected chi connectivity index (χ1v) is 9.80. The smallest absolute Gasteiger partial charge is 0.547 e. The molecule has 0 rings (SSSR count). The molecule has 0 aliphatic carbocycles. The van der Waals surface area contributed by atoms with E-state index < -0.39 is 106 Å². The number of carboxylic acids is 2. The molecule has 0 bridgehead atoms. The Morgan fingerprint density at radius 3 is 0.784 bits per heavy atom. The van der Waals surface area contributed by atoms with Gasteiger partial charge in [-0.25, -0.2) is 0 Å². The standard InChI is InChI=1S/2C6H12O7.C5H12O5.Ca/c2*7-1-2(8)3(9)4(10)5(11)6(12)13;6-1-3(8)5(10)4(9)2-7;/h2*2-5,7-11H,1H2,(H,12,13);3-10H,1-2H2;/q;;;+2/p-2/t2*2-,3-,4+,5-;;/m11../s1. The first kappa shape index (κ1) is 43.6. The van der Waals surface area contributed by atoms with Gasteiger partial charge in [0, 0.05) is 0 Å². The minimum Gasteiger partial charge on any atom is -0.547 e. The Labute approximate surface area is 239 Å². The number of carbonyl (C=O) groups is 2. The van der Waals surface area contributed by atoms with Gasteiger partial charge >= 0.3 is 37.7 Å². The fourth-order valence-electron chi connectivity index (χ4n) is 1.80. The Balaban J connectivity index is -0.000000220. The topological polar surface area (TPSA) is 384 Å². The normalized spacial score (nSPS) is 19.8. The molecule has 10 atom stereocenters. The zero-order valence-corrected chi connectivity index (χ0v) is 21.4.